The van der Waals surface area contributed by atoms with Crippen molar-refractivity contribution in [3.05, 3.63) is 29.8 Å². The lowest BCUT2D eigenvalue weighted by Gasteiger charge is -2.28. The molecule has 2 rings (SSSR count). The summed E-state index contributed by atoms with van der Waals surface area (Å²) in [7, 11) is 1.73. The second kappa shape index (κ2) is 8.56. The number of ether oxygens (including phenoxy) is 1. The molecular formula is C17H23N3O4. The van der Waals surface area contributed by atoms with Crippen molar-refractivity contribution >= 4 is 23.3 Å². The number of nitrogens with one attached hydrogen (secondary N) is 1. The number of amides is 2. The maximum Gasteiger partial charge on any atom is 0.238 e. The van der Waals surface area contributed by atoms with Gasteiger partial charge in [0.15, 0.2) is 5.78 Å². The zero-order chi connectivity index (χ0) is 17.5. The van der Waals surface area contributed by atoms with Crippen LogP contribution in [0.4, 0.5) is 5.69 Å². The van der Waals surface area contributed by atoms with Crippen LogP contribution in [-0.2, 0) is 14.3 Å². The van der Waals surface area contributed by atoms with Crippen LogP contribution in [0.1, 0.15) is 17.3 Å². The molecule has 0 unspecified atom stereocenters. The van der Waals surface area contributed by atoms with Gasteiger partial charge in [-0.25, -0.2) is 0 Å². The third kappa shape index (κ3) is 5.43. The van der Waals surface area contributed by atoms with Crippen molar-refractivity contribution in [1.29, 1.82) is 0 Å². The average molecular weight is 333 g/mol. The molecule has 1 N–H and O–H groups in total. The first-order valence-electron chi connectivity index (χ1n) is 7.90. The van der Waals surface area contributed by atoms with Gasteiger partial charge in [-0.1, -0.05) is 0 Å². The van der Waals surface area contributed by atoms with Gasteiger partial charge in [0.2, 0.25) is 11.8 Å². The van der Waals surface area contributed by atoms with Gasteiger partial charge in [0.1, 0.15) is 0 Å². The van der Waals surface area contributed by atoms with Crippen LogP contribution in [-0.4, -0.2) is 73.8 Å². The van der Waals surface area contributed by atoms with Crippen molar-refractivity contribution in [3.8, 4) is 0 Å². The largest absolute Gasteiger partial charge is 0.378 e. The summed E-state index contributed by atoms with van der Waals surface area (Å²) in [6.45, 7) is 4.12. The Kier molecular flexibility index (Phi) is 6.45. The normalized spacial score (nSPS) is 14.5. The molecular weight excluding hydrogens is 310 g/mol. The number of carbonyl (C=O) groups is 3. The number of hydrogen-bond donors (Lipinski definition) is 1. The number of nitrogens with zero attached hydrogens (tertiary/aromatic N) is 2. The van der Waals surface area contributed by atoms with E-state index in [1.807, 2.05) is 0 Å². The van der Waals surface area contributed by atoms with Crippen molar-refractivity contribution in [2.24, 2.45) is 0 Å². The minimum absolute atomic E-state index is 0.000545. The molecule has 1 aliphatic heterocycles. The molecule has 1 aromatic rings. The number of hydrogen-bond acceptors (Lipinski definition) is 5. The van der Waals surface area contributed by atoms with E-state index in [9.17, 15) is 14.4 Å². The molecule has 1 fully saturated rings. The molecule has 0 radical (unpaired) electrons. The highest BCUT2D eigenvalue weighted by Gasteiger charge is 2.19. The van der Waals surface area contributed by atoms with Crippen molar-refractivity contribution in [3.63, 3.8) is 0 Å². The Morgan fingerprint density at radius 3 is 2.33 bits per heavy atom. The van der Waals surface area contributed by atoms with E-state index in [0.29, 0.717) is 37.6 Å². The Hall–Kier alpha value is -2.25. The third-order valence-electron chi connectivity index (χ3n) is 3.76. The minimum Gasteiger partial charge on any atom is -0.378 e. The van der Waals surface area contributed by atoms with E-state index >= 15 is 0 Å². The Balaban J connectivity index is 1.78. The van der Waals surface area contributed by atoms with Crippen LogP contribution in [0.25, 0.3) is 0 Å². The molecule has 0 aromatic heterocycles. The lowest BCUT2D eigenvalue weighted by Crippen LogP contribution is -2.46. The van der Waals surface area contributed by atoms with Crippen molar-refractivity contribution < 1.29 is 19.1 Å². The van der Waals surface area contributed by atoms with Crippen LogP contribution >= 0.6 is 0 Å². The van der Waals surface area contributed by atoms with Crippen molar-refractivity contribution in [2.75, 3.05) is 51.8 Å². The Morgan fingerprint density at radius 1 is 1.12 bits per heavy atom. The number of rotatable bonds is 6. The fraction of sp³-hybridized carbons (Fsp3) is 0.471. The molecule has 7 heteroatoms. The van der Waals surface area contributed by atoms with Crippen molar-refractivity contribution in [2.45, 2.75) is 6.92 Å². The van der Waals surface area contributed by atoms with Gasteiger partial charge in [-0.2, -0.15) is 0 Å². The number of morpholine rings is 1. The molecule has 2 amide bonds. The zero-order valence-electron chi connectivity index (χ0n) is 14.1. The van der Waals surface area contributed by atoms with E-state index < -0.39 is 0 Å². The van der Waals surface area contributed by atoms with E-state index in [4.69, 9.17) is 4.74 Å². The molecule has 1 heterocycles. The summed E-state index contributed by atoms with van der Waals surface area (Å²) in [6.07, 6.45) is 0. The molecule has 0 saturated carbocycles. The maximum atomic E-state index is 12.1. The van der Waals surface area contributed by atoms with Gasteiger partial charge in [0.25, 0.3) is 0 Å². The minimum atomic E-state index is -0.206. The van der Waals surface area contributed by atoms with Gasteiger partial charge in [-0.3, -0.25) is 19.3 Å². The van der Waals surface area contributed by atoms with Crippen LogP contribution in [0.2, 0.25) is 0 Å². The van der Waals surface area contributed by atoms with E-state index in [-0.39, 0.29) is 30.7 Å². The maximum absolute atomic E-state index is 12.1. The van der Waals surface area contributed by atoms with E-state index in [0.717, 1.165) is 0 Å². The van der Waals surface area contributed by atoms with Crippen LogP contribution in [0.5, 0.6) is 0 Å². The lowest BCUT2D eigenvalue weighted by molar-refractivity contribution is -0.136. The highest BCUT2D eigenvalue weighted by molar-refractivity contribution is 5.96. The van der Waals surface area contributed by atoms with Gasteiger partial charge in [0.05, 0.1) is 26.3 Å². The van der Waals surface area contributed by atoms with Gasteiger partial charge in [-0.05, 0) is 38.2 Å². The summed E-state index contributed by atoms with van der Waals surface area (Å²) in [4.78, 5) is 38.8. The van der Waals surface area contributed by atoms with Gasteiger partial charge >= 0.3 is 0 Å². The summed E-state index contributed by atoms with van der Waals surface area (Å²) in [6, 6.07) is 6.72. The molecule has 24 heavy (non-hydrogen) atoms. The summed E-state index contributed by atoms with van der Waals surface area (Å²) in [5.74, 6) is -0.225. The molecule has 1 saturated heterocycles. The number of likely N-dealkylation sites (N-methyl/N-ethyl adjacent to an activating group) is 1. The molecule has 7 nitrogen and oxygen atoms in total. The van der Waals surface area contributed by atoms with Gasteiger partial charge in [-0.15, -0.1) is 0 Å². The van der Waals surface area contributed by atoms with Crippen LogP contribution in [0, 0.1) is 0 Å². The summed E-state index contributed by atoms with van der Waals surface area (Å²) < 4.78 is 5.22. The van der Waals surface area contributed by atoms with Crippen LogP contribution < -0.4 is 5.32 Å². The van der Waals surface area contributed by atoms with E-state index in [1.54, 1.807) is 41.1 Å². The smallest absolute Gasteiger partial charge is 0.238 e. The Labute approximate surface area is 141 Å². The first kappa shape index (κ1) is 18.1. The number of Topliss-reactive ketones (excluding diaryl/α,β-unsaturated/α-hetero) is 1. The molecule has 0 aliphatic carbocycles. The predicted molar refractivity (Wildman–Crippen MR) is 90.0 cm³/mol. The van der Waals surface area contributed by atoms with Crippen molar-refractivity contribution in [1.82, 2.24) is 9.80 Å². The molecule has 130 valence electrons. The monoisotopic (exact) mass is 333 g/mol. The molecule has 0 bridgehead atoms. The zero-order valence-corrected chi connectivity index (χ0v) is 14.1. The van der Waals surface area contributed by atoms with Crippen LogP contribution in [0.3, 0.4) is 0 Å². The van der Waals surface area contributed by atoms with E-state index in [1.165, 1.54) is 6.92 Å². The molecule has 1 aliphatic rings. The first-order valence-corrected chi connectivity index (χ1v) is 7.90. The quantitative estimate of drug-likeness (QED) is 0.772. The standard InChI is InChI=1S/C17H23N3O4/c1-13(21)14-3-5-15(6-4-14)18-16(22)11-19(2)12-17(23)20-7-9-24-10-8-20/h3-6H,7-12H2,1-2H3,(H,18,22). The lowest BCUT2D eigenvalue weighted by atomic mass is 10.1. The summed E-state index contributed by atoms with van der Waals surface area (Å²) in [5.41, 5.74) is 1.22. The summed E-state index contributed by atoms with van der Waals surface area (Å²) >= 11 is 0. The molecule has 0 spiro atoms. The number of carbonyl (C=O) groups excluding carboxylic acids is 3. The predicted octanol–water partition coefficient (Wildman–Crippen LogP) is 0.618. The van der Waals surface area contributed by atoms with Gasteiger partial charge in [0, 0.05) is 24.3 Å². The second-order valence-corrected chi connectivity index (χ2v) is 5.85. The Bertz CT molecular complexity index is 594. The average Bonchev–Trinajstić information content (AvgIpc) is 2.55. The topological polar surface area (TPSA) is 79.0 Å². The summed E-state index contributed by atoms with van der Waals surface area (Å²) in [5, 5.41) is 2.75. The Morgan fingerprint density at radius 2 is 1.75 bits per heavy atom. The number of anilines is 1. The second-order valence-electron chi connectivity index (χ2n) is 5.85. The molecule has 0 atom stereocenters. The van der Waals surface area contributed by atoms with Crippen LogP contribution in [0.15, 0.2) is 24.3 Å². The fourth-order valence-electron chi connectivity index (χ4n) is 2.43. The third-order valence-corrected chi connectivity index (χ3v) is 3.76. The number of benzene rings is 1. The fourth-order valence-corrected chi connectivity index (χ4v) is 2.43. The SMILES string of the molecule is CC(=O)c1ccc(NC(=O)CN(C)CC(=O)N2CCOCC2)cc1. The number of ketones is 1. The highest BCUT2D eigenvalue weighted by atomic mass is 16.5. The highest BCUT2D eigenvalue weighted by Crippen LogP contribution is 2.10. The first-order chi connectivity index (χ1) is 11.5. The van der Waals surface area contributed by atoms with Gasteiger partial charge < -0.3 is 15.0 Å². The molecule has 1 aromatic carbocycles. The van der Waals surface area contributed by atoms with E-state index in [2.05, 4.69) is 5.32 Å².